The molecule has 0 bridgehead atoms. The molecule has 0 atom stereocenters. The Kier molecular flexibility index (Phi) is 6.94. The first-order chi connectivity index (χ1) is 14.1. The number of amides is 2. The number of benzene rings is 2. The third kappa shape index (κ3) is 4.98. The minimum Gasteiger partial charge on any atom is -0.493 e. The predicted octanol–water partition coefficient (Wildman–Crippen LogP) is 2.46. The van der Waals surface area contributed by atoms with Gasteiger partial charge in [-0.05, 0) is 30.7 Å². The lowest BCUT2D eigenvalue weighted by Gasteiger charge is -2.13. The van der Waals surface area contributed by atoms with Crippen molar-refractivity contribution in [3.63, 3.8) is 0 Å². The molecule has 0 unspecified atom stereocenters. The second-order valence-corrected chi connectivity index (χ2v) is 6.49. The van der Waals surface area contributed by atoms with Crippen molar-refractivity contribution in [2.75, 3.05) is 26.4 Å². The fourth-order valence-corrected chi connectivity index (χ4v) is 3.03. The highest BCUT2D eigenvalue weighted by Gasteiger charge is 2.34. The summed E-state index contributed by atoms with van der Waals surface area (Å²) in [5.41, 5.74) is 3.25. The summed E-state index contributed by atoms with van der Waals surface area (Å²) in [6, 6.07) is 13.7. The summed E-state index contributed by atoms with van der Waals surface area (Å²) in [6.45, 7) is 1.72. The summed E-state index contributed by atoms with van der Waals surface area (Å²) in [4.78, 5) is 25.8. The van der Waals surface area contributed by atoms with E-state index in [1.165, 1.54) is 4.90 Å². The molecule has 0 saturated carbocycles. The summed E-state index contributed by atoms with van der Waals surface area (Å²) in [5, 5.41) is 16.3. The van der Waals surface area contributed by atoms with Crippen molar-refractivity contribution in [2.45, 2.75) is 12.8 Å². The number of rotatable bonds is 10. The monoisotopic (exact) mass is 397 g/mol. The first-order valence-electron chi connectivity index (χ1n) is 9.36. The predicted molar refractivity (Wildman–Crippen MR) is 106 cm³/mol. The third-order valence-corrected chi connectivity index (χ3v) is 4.48. The average Bonchev–Trinajstić information content (AvgIpc) is 3.00. The number of hydrogen-bond acceptors (Lipinski definition) is 6. The summed E-state index contributed by atoms with van der Waals surface area (Å²) in [6.07, 6.45) is 1.25. The van der Waals surface area contributed by atoms with Gasteiger partial charge in [0.2, 0.25) is 0 Å². The summed E-state index contributed by atoms with van der Waals surface area (Å²) in [5.74, 6) is 0.0152. The van der Waals surface area contributed by atoms with Crippen molar-refractivity contribution in [2.24, 2.45) is 0 Å². The summed E-state index contributed by atoms with van der Waals surface area (Å²) < 4.78 is 11.2. The molecule has 0 spiro atoms. The van der Waals surface area contributed by atoms with Crippen LogP contribution >= 0.6 is 0 Å². The van der Waals surface area contributed by atoms with E-state index in [9.17, 15) is 9.59 Å². The SMILES string of the molecule is N=C(NO)c1cccc(OCCCOCCCN2C(=O)c3ccccc3C2=O)c1. The van der Waals surface area contributed by atoms with Crippen molar-refractivity contribution >= 4 is 17.6 Å². The van der Waals surface area contributed by atoms with Gasteiger partial charge in [0.15, 0.2) is 0 Å². The van der Waals surface area contributed by atoms with Gasteiger partial charge >= 0.3 is 0 Å². The van der Waals surface area contributed by atoms with Gasteiger partial charge in [-0.25, -0.2) is 0 Å². The maximum absolute atomic E-state index is 12.2. The standard InChI is InChI=1S/C21H23N3O5/c22-19(23-27)15-6-3-7-16(14-15)29-13-5-12-28-11-4-10-24-20(25)17-8-1-2-9-18(17)21(24)26/h1-3,6-9,14,27H,4-5,10-13H2,(H2,22,23). The van der Waals surface area contributed by atoms with Gasteiger partial charge in [-0.1, -0.05) is 24.3 Å². The zero-order chi connectivity index (χ0) is 20.6. The molecule has 2 aromatic rings. The van der Waals surface area contributed by atoms with E-state index in [2.05, 4.69) is 0 Å². The van der Waals surface area contributed by atoms with E-state index < -0.39 is 0 Å². The molecule has 0 fully saturated rings. The maximum Gasteiger partial charge on any atom is 0.261 e. The number of nitrogens with zero attached hydrogens (tertiary/aromatic N) is 1. The Hall–Kier alpha value is -3.23. The Morgan fingerprint density at radius 3 is 2.34 bits per heavy atom. The van der Waals surface area contributed by atoms with Crippen LogP contribution in [0.4, 0.5) is 0 Å². The number of imide groups is 1. The molecule has 1 aliphatic heterocycles. The van der Waals surface area contributed by atoms with Gasteiger partial charge in [0.1, 0.15) is 11.6 Å². The fraction of sp³-hybridized carbons (Fsp3) is 0.286. The van der Waals surface area contributed by atoms with E-state index in [0.717, 1.165) is 0 Å². The maximum atomic E-state index is 12.2. The van der Waals surface area contributed by atoms with Gasteiger partial charge < -0.3 is 9.47 Å². The van der Waals surface area contributed by atoms with Crippen LogP contribution in [0.1, 0.15) is 39.1 Å². The van der Waals surface area contributed by atoms with Gasteiger partial charge in [0.05, 0.1) is 17.7 Å². The first-order valence-corrected chi connectivity index (χ1v) is 9.36. The Balaban J connectivity index is 1.30. The molecule has 3 rings (SSSR count). The van der Waals surface area contributed by atoms with E-state index in [1.807, 2.05) is 0 Å². The zero-order valence-electron chi connectivity index (χ0n) is 15.9. The molecule has 0 aromatic heterocycles. The van der Waals surface area contributed by atoms with Gasteiger partial charge in [-0.15, -0.1) is 0 Å². The highest BCUT2D eigenvalue weighted by atomic mass is 16.5. The van der Waals surface area contributed by atoms with E-state index in [1.54, 1.807) is 54.0 Å². The number of fused-ring (bicyclic) bond motifs is 1. The van der Waals surface area contributed by atoms with E-state index >= 15 is 0 Å². The molecule has 8 nitrogen and oxygen atoms in total. The number of ether oxygens (including phenoxy) is 2. The topological polar surface area (TPSA) is 112 Å². The Morgan fingerprint density at radius 1 is 0.966 bits per heavy atom. The van der Waals surface area contributed by atoms with Gasteiger partial charge in [-0.2, -0.15) is 0 Å². The quantitative estimate of drug-likeness (QED) is 0.187. The summed E-state index contributed by atoms with van der Waals surface area (Å²) >= 11 is 0. The highest BCUT2D eigenvalue weighted by Crippen LogP contribution is 2.22. The van der Waals surface area contributed by atoms with Crippen molar-refractivity contribution in [3.05, 3.63) is 65.2 Å². The lowest BCUT2D eigenvalue weighted by molar-refractivity contribution is 0.0622. The molecule has 29 heavy (non-hydrogen) atoms. The number of carbonyl (C=O) groups is 2. The molecule has 1 heterocycles. The van der Waals surface area contributed by atoms with Gasteiger partial charge in [0.25, 0.3) is 11.8 Å². The van der Waals surface area contributed by atoms with Crippen LogP contribution in [0.15, 0.2) is 48.5 Å². The summed E-state index contributed by atoms with van der Waals surface area (Å²) in [7, 11) is 0. The Bertz CT molecular complexity index is 864. The number of amidine groups is 1. The fourth-order valence-electron chi connectivity index (χ4n) is 3.03. The second kappa shape index (κ2) is 9.81. The van der Waals surface area contributed by atoms with E-state index in [4.69, 9.17) is 20.1 Å². The molecule has 0 aliphatic carbocycles. The van der Waals surface area contributed by atoms with Crippen molar-refractivity contribution in [1.29, 1.82) is 5.41 Å². The number of hydrogen-bond donors (Lipinski definition) is 3. The third-order valence-electron chi connectivity index (χ3n) is 4.48. The first kappa shape index (κ1) is 20.5. The van der Waals surface area contributed by atoms with Crippen LogP contribution < -0.4 is 10.2 Å². The van der Waals surface area contributed by atoms with Gasteiger partial charge in [-0.3, -0.25) is 30.6 Å². The molecule has 152 valence electrons. The van der Waals surface area contributed by atoms with Crippen molar-refractivity contribution in [3.8, 4) is 5.75 Å². The lowest BCUT2D eigenvalue weighted by Crippen LogP contribution is -2.31. The molecule has 0 radical (unpaired) electrons. The largest absolute Gasteiger partial charge is 0.493 e. The average molecular weight is 397 g/mol. The Labute approximate surface area is 168 Å². The molecular weight excluding hydrogens is 374 g/mol. The smallest absolute Gasteiger partial charge is 0.261 e. The molecule has 3 N–H and O–H groups in total. The van der Waals surface area contributed by atoms with Gasteiger partial charge in [0, 0.05) is 31.7 Å². The zero-order valence-corrected chi connectivity index (χ0v) is 15.9. The van der Waals surface area contributed by atoms with E-state index in [0.29, 0.717) is 61.6 Å². The molecule has 2 aromatic carbocycles. The second-order valence-electron chi connectivity index (χ2n) is 6.49. The highest BCUT2D eigenvalue weighted by molar-refractivity contribution is 6.21. The van der Waals surface area contributed by atoms with E-state index in [-0.39, 0.29) is 17.6 Å². The van der Waals surface area contributed by atoms with Crippen LogP contribution in [-0.2, 0) is 4.74 Å². The number of carbonyl (C=O) groups excluding carboxylic acids is 2. The Morgan fingerprint density at radius 2 is 1.66 bits per heavy atom. The minimum absolute atomic E-state index is 0.100. The molecule has 8 heteroatoms. The lowest BCUT2D eigenvalue weighted by atomic mass is 10.1. The van der Waals surface area contributed by atoms with Crippen LogP contribution in [0.3, 0.4) is 0 Å². The molecule has 0 saturated heterocycles. The van der Waals surface area contributed by atoms with Crippen LogP contribution in [0.2, 0.25) is 0 Å². The van der Waals surface area contributed by atoms with Crippen LogP contribution in [-0.4, -0.2) is 54.1 Å². The van der Waals surface area contributed by atoms with Crippen molar-refractivity contribution < 1.29 is 24.3 Å². The molecule has 1 aliphatic rings. The van der Waals surface area contributed by atoms with Crippen LogP contribution in [0, 0.1) is 5.41 Å². The number of nitrogens with one attached hydrogen (secondary N) is 2. The van der Waals surface area contributed by atoms with Crippen LogP contribution in [0.5, 0.6) is 5.75 Å². The van der Waals surface area contributed by atoms with Crippen molar-refractivity contribution in [1.82, 2.24) is 10.4 Å². The molecule has 2 amide bonds. The minimum atomic E-state index is -0.245. The van der Waals surface area contributed by atoms with Crippen LogP contribution in [0.25, 0.3) is 0 Å². The number of hydroxylamine groups is 1. The normalized spacial score (nSPS) is 12.8. The molecular formula is C21H23N3O5.